The van der Waals surface area contributed by atoms with Crippen molar-refractivity contribution in [3.8, 4) is 0 Å². The van der Waals surface area contributed by atoms with Crippen LogP contribution in [0.3, 0.4) is 0 Å². The zero-order valence-electron chi connectivity index (χ0n) is 11.8. The molecule has 4 nitrogen and oxygen atoms in total. The first-order valence-electron chi connectivity index (χ1n) is 6.89. The number of nitrogens with zero attached hydrogens (tertiary/aromatic N) is 1. The van der Waals surface area contributed by atoms with Crippen LogP contribution in [0.1, 0.15) is 46.1 Å². The second kappa shape index (κ2) is 4.87. The van der Waals surface area contributed by atoms with Crippen LogP contribution in [-0.2, 0) is 4.74 Å². The van der Waals surface area contributed by atoms with Crippen molar-refractivity contribution in [1.82, 2.24) is 4.98 Å². The smallest absolute Gasteiger partial charge is 0.249 e. The molecule has 0 aliphatic carbocycles. The Labute approximate surface area is 117 Å². The summed E-state index contributed by atoms with van der Waals surface area (Å²) in [7, 11) is 0. The SMILES string of the molecule is Cc1cc(C)c2nc(C3CCCO3)cc(C(N)=O)c2c1. The molecule has 0 saturated carbocycles. The number of primary amides is 1. The van der Waals surface area contributed by atoms with Gasteiger partial charge in [0.25, 0.3) is 0 Å². The number of hydrogen-bond acceptors (Lipinski definition) is 3. The van der Waals surface area contributed by atoms with Crippen LogP contribution in [0.15, 0.2) is 18.2 Å². The van der Waals surface area contributed by atoms with Crippen LogP contribution in [0.25, 0.3) is 10.9 Å². The van der Waals surface area contributed by atoms with Gasteiger partial charge < -0.3 is 10.5 Å². The normalized spacial score (nSPS) is 18.6. The van der Waals surface area contributed by atoms with Crippen LogP contribution >= 0.6 is 0 Å². The molecular formula is C16H18N2O2. The highest BCUT2D eigenvalue weighted by atomic mass is 16.5. The van der Waals surface area contributed by atoms with E-state index in [2.05, 4.69) is 6.07 Å². The van der Waals surface area contributed by atoms with Gasteiger partial charge in [0, 0.05) is 12.0 Å². The number of aryl methyl sites for hydroxylation is 2. The summed E-state index contributed by atoms with van der Waals surface area (Å²) < 4.78 is 5.67. The van der Waals surface area contributed by atoms with Crippen molar-refractivity contribution in [2.24, 2.45) is 5.73 Å². The Balaban J connectivity index is 2.27. The van der Waals surface area contributed by atoms with Gasteiger partial charge in [-0.15, -0.1) is 0 Å². The fourth-order valence-corrected chi connectivity index (χ4v) is 2.88. The minimum atomic E-state index is -0.415. The number of ether oxygens (including phenoxy) is 1. The monoisotopic (exact) mass is 270 g/mol. The number of carbonyl (C=O) groups excluding carboxylic acids is 1. The Hall–Kier alpha value is -1.94. The van der Waals surface area contributed by atoms with Crippen molar-refractivity contribution in [3.63, 3.8) is 0 Å². The zero-order valence-corrected chi connectivity index (χ0v) is 11.8. The molecule has 2 aromatic rings. The number of benzene rings is 1. The second-order valence-corrected chi connectivity index (χ2v) is 5.44. The molecule has 0 radical (unpaired) electrons. The van der Waals surface area contributed by atoms with Gasteiger partial charge in [0.1, 0.15) is 0 Å². The Morgan fingerprint density at radius 3 is 2.80 bits per heavy atom. The van der Waals surface area contributed by atoms with Gasteiger partial charge in [0.15, 0.2) is 0 Å². The number of pyridine rings is 1. The van der Waals surface area contributed by atoms with E-state index in [0.29, 0.717) is 5.56 Å². The lowest BCUT2D eigenvalue weighted by Gasteiger charge is -2.14. The van der Waals surface area contributed by atoms with Gasteiger partial charge in [-0.1, -0.05) is 11.6 Å². The van der Waals surface area contributed by atoms with Crippen LogP contribution in [0.4, 0.5) is 0 Å². The molecule has 1 aromatic carbocycles. The van der Waals surface area contributed by atoms with E-state index in [-0.39, 0.29) is 6.10 Å². The van der Waals surface area contributed by atoms with Crippen molar-refractivity contribution in [2.45, 2.75) is 32.8 Å². The molecule has 20 heavy (non-hydrogen) atoms. The quantitative estimate of drug-likeness (QED) is 0.912. The molecule has 1 amide bonds. The third-order valence-electron chi connectivity index (χ3n) is 3.79. The average molecular weight is 270 g/mol. The minimum Gasteiger partial charge on any atom is -0.372 e. The lowest BCUT2D eigenvalue weighted by Crippen LogP contribution is -2.14. The Morgan fingerprint density at radius 2 is 2.15 bits per heavy atom. The van der Waals surface area contributed by atoms with E-state index in [0.717, 1.165) is 47.2 Å². The van der Waals surface area contributed by atoms with E-state index in [1.807, 2.05) is 19.9 Å². The topological polar surface area (TPSA) is 65.2 Å². The molecule has 0 bridgehead atoms. The van der Waals surface area contributed by atoms with Gasteiger partial charge >= 0.3 is 0 Å². The van der Waals surface area contributed by atoms with E-state index in [1.165, 1.54) is 0 Å². The summed E-state index contributed by atoms with van der Waals surface area (Å²) >= 11 is 0. The standard InChI is InChI=1S/C16H18N2O2/c1-9-6-10(2)15-11(7-9)12(16(17)19)8-13(18-15)14-4-3-5-20-14/h6-8,14H,3-5H2,1-2H3,(H2,17,19). The number of hydrogen-bond donors (Lipinski definition) is 1. The lowest BCUT2D eigenvalue weighted by atomic mass is 10.00. The number of rotatable bonds is 2. The zero-order chi connectivity index (χ0) is 14.3. The Morgan fingerprint density at radius 1 is 1.35 bits per heavy atom. The predicted molar refractivity (Wildman–Crippen MR) is 77.7 cm³/mol. The summed E-state index contributed by atoms with van der Waals surface area (Å²) in [5, 5.41) is 0.830. The summed E-state index contributed by atoms with van der Waals surface area (Å²) in [6.07, 6.45) is 1.96. The van der Waals surface area contributed by atoms with E-state index in [1.54, 1.807) is 6.07 Å². The summed E-state index contributed by atoms with van der Waals surface area (Å²) in [5.41, 5.74) is 9.89. The molecule has 1 aliphatic rings. The first-order chi connectivity index (χ1) is 9.56. The van der Waals surface area contributed by atoms with Gasteiger partial charge in [-0.25, -0.2) is 4.98 Å². The van der Waals surface area contributed by atoms with Crippen LogP contribution in [0, 0.1) is 13.8 Å². The molecule has 2 N–H and O–H groups in total. The average Bonchev–Trinajstić information content (AvgIpc) is 2.91. The Kier molecular flexibility index (Phi) is 3.18. The first-order valence-corrected chi connectivity index (χ1v) is 6.89. The number of amides is 1. The van der Waals surface area contributed by atoms with E-state index >= 15 is 0 Å². The predicted octanol–water partition coefficient (Wildman–Crippen LogP) is 2.80. The minimum absolute atomic E-state index is 0.0156. The summed E-state index contributed by atoms with van der Waals surface area (Å²) in [6, 6.07) is 5.83. The van der Waals surface area contributed by atoms with Crippen LogP contribution < -0.4 is 5.73 Å². The number of fused-ring (bicyclic) bond motifs is 1. The molecule has 2 heterocycles. The molecule has 3 rings (SSSR count). The van der Waals surface area contributed by atoms with E-state index in [9.17, 15) is 4.79 Å². The molecule has 104 valence electrons. The molecule has 1 atom stereocenters. The Bertz CT molecular complexity index is 688. The highest BCUT2D eigenvalue weighted by molar-refractivity contribution is 6.06. The van der Waals surface area contributed by atoms with Crippen molar-refractivity contribution in [3.05, 3.63) is 40.6 Å². The van der Waals surface area contributed by atoms with Crippen LogP contribution in [0.5, 0.6) is 0 Å². The van der Waals surface area contributed by atoms with Gasteiger partial charge in [0.05, 0.1) is 22.9 Å². The summed E-state index contributed by atoms with van der Waals surface area (Å²) in [4.78, 5) is 16.5. The van der Waals surface area contributed by atoms with Crippen molar-refractivity contribution < 1.29 is 9.53 Å². The molecular weight excluding hydrogens is 252 g/mol. The number of nitrogens with two attached hydrogens (primary N) is 1. The second-order valence-electron chi connectivity index (χ2n) is 5.44. The van der Waals surface area contributed by atoms with Gasteiger partial charge in [-0.3, -0.25) is 4.79 Å². The largest absolute Gasteiger partial charge is 0.372 e. The maximum Gasteiger partial charge on any atom is 0.249 e. The van der Waals surface area contributed by atoms with E-state index in [4.69, 9.17) is 15.5 Å². The van der Waals surface area contributed by atoms with Gasteiger partial charge in [-0.2, -0.15) is 0 Å². The maximum atomic E-state index is 11.8. The van der Waals surface area contributed by atoms with Gasteiger partial charge in [0.2, 0.25) is 5.91 Å². The van der Waals surface area contributed by atoms with Crippen molar-refractivity contribution in [1.29, 1.82) is 0 Å². The highest BCUT2D eigenvalue weighted by Gasteiger charge is 2.22. The first kappa shape index (κ1) is 13.1. The lowest BCUT2D eigenvalue weighted by molar-refractivity contribution is 0.0998. The molecule has 1 aliphatic heterocycles. The highest BCUT2D eigenvalue weighted by Crippen LogP contribution is 2.31. The summed E-state index contributed by atoms with van der Waals surface area (Å²) in [6.45, 7) is 4.76. The third kappa shape index (κ3) is 2.16. The van der Waals surface area contributed by atoms with Crippen molar-refractivity contribution >= 4 is 16.8 Å². The fourth-order valence-electron chi connectivity index (χ4n) is 2.88. The molecule has 1 saturated heterocycles. The van der Waals surface area contributed by atoms with Crippen LogP contribution in [-0.4, -0.2) is 17.5 Å². The molecule has 1 aromatic heterocycles. The van der Waals surface area contributed by atoms with Gasteiger partial charge in [-0.05, 0) is 44.4 Å². The van der Waals surface area contributed by atoms with E-state index < -0.39 is 5.91 Å². The number of aromatic nitrogens is 1. The van der Waals surface area contributed by atoms with Crippen LogP contribution in [0.2, 0.25) is 0 Å². The molecule has 1 fully saturated rings. The molecule has 1 unspecified atom stereocenters. The summed E-state index contributed by atoms with van der Waals surface area (Å²) in [5.74, 6) is -0.415. The van der Waals surface area contributed by atoms with Crippen molar-refractivity contribution in [2.75, 3.05) is 6.61 Å². The third-order valence-corrected chi connectivity index (χ3v) is 3.79. The maximum absolute atomic E-state index is 11.8. The molecule has 0 spiro atoms. The molecule has 4 heteroatoms. The fraction of sp³-hybridized carbons (Fsp3) is 0.375. The number of carbonyl (C=O) groups is 1.